The Labute approximate surface area is 152 Å². The van der Waals surface area contributed by atoms with Crippen molar-refractivity contribution in [1.82, 2.24) is 0 Å². The van der Waals surface area contributed by atoms with Gasteiger partial charge in [0.1, 0.15) is 0 Å². The number of ether oxygens (including phenoxy) is 2. The number of nitriles is 1. The van der Waals surface area contributed by atoms with Gasteiger partial charge in [-0.05, 0) is 37.5 Å². The number of hydrogen-bond acceptors (Lipinski definition) is 7. The normalized spacial score (nSPS) is 19.3. The van der Waals surface area contributed by atoms with Gasteiger partial charge >= 0.3 is 11.9 Å². The first kappa shape index (κ1) is 17.8. The molecule has 0 amide bonds. The lowest BCUT2D eigenvalue weighted by atomic mass is 10.1. The number of nitrogens with one attached hydrogen (secondary N) is 1. The second-order valence-electron chi connectivity index (χ2n) is 6.77. The second-order valence-corrected chi connectivity index (χ2v) is 6.77. The lowest BCUT2D eigenvalue weighted by molar-refractivity contribution is -0.222. The van der Waals surface area contributed by atoms with Gasteiger partial charge in [0.05, 0.1) is 23.0 Å². The summed E-state index contributed by atoms with van der Waals surface area (Å²) in [6, 6.07) is 7.44. The number of anilines is 2. The number of cyclic esters (lactones) is 2. The number of nitrogens with zero attached hydrogens (tertiary/aromatic N) is 2. The zero-order valence-corrected chi connectivity index (χ0v) is 14.9. The van der Waals surface area contributed by atoms with Crippen LogP contribution in [0.25, 0.3) is 0 Å². The van der Waals surface area contributed by atoms with Crippen LogP contribution >= 0.6 is 0 Å². The first-order valence-electron chi connectivity index (χ1n) is 8.62. The predicted molar refractivity (Wildman–Crippen MR) is 95.2 cm³/mol. The smallest absolute Gasteiger partial charge is 0.350 e. The van der Waals surface area contributed by atoms with Gasteiger partial charge in [0.2, 0.25) is 0 Å². The molecule has 0 aliphatic carbocycles. The summed E-state index contributed by atoms with van der Waals surface area (Å²) in [4.78, 5) is 26.3. The molecular formula is C19H21N3O4. The van der Waals surface area contributed by atoms with Gasteiger partial charge in [-0.3, -0.25) is 0 Å². The Bertz CT molecular complexity index is 779. The van der Waals surface area contributed by atoms with E-state index in [9.17, 15) is 9.59 Å². The number of benzene rings is 1. The summed E-state index contributed by atoms with van der Waals surface area (Å²) in [7, 11) is 0. The Hall–Kier alpha value is -3.01. The summed E-state index contributed by atoms with van der Waals surface area (Å²) in [6.07, 6.45) is 4.69. The van der Waals surface area contributed by atoms with E-state index in [1.807, 2.05) is 6.07 Å². The Morgan fingerprint density at radius 2 is 1.81 bits per heavy atom. The van der Waals surface area contributed by atoms with Gasteiger partial charge in [0, 0.05) is 33.1 Å². The average Bonchev–Trinajstić information content (AvgIpc) is 2.60. The number of esters is 2. The molecule has 7 heteroatoms. The lowest BCUT2D eigenvalue weighted by Crippen LogP contribution is -2.42. The average molecular weight is 355 g/mol. The largest absolute Gasteiger partial charge is 0.419 e. The number of rotatable bonds is 3. The van der Waals surface area contributed by atoms with Crippen molar-refractivity contribution in [3.8, 4) is 6.07 Å². The summed E-state index contributed by atoms with van der Waals surface area (Å²) in [5, 5.41) is 12.2. The quantitative estimate of drug-likeness (QED) is 0.506. The van der Waals surface area contributed by atoms with Gasteiger partial charge in [0.25, 0.3) is 5.79 Å². The highest BCUT2D eigenvalue weighted by molar-refractivity contribution is 6.15. The van der Waals surface area contributed by atoms with Gasteiger partial charge in [-0.25, -0.2) is 9.59 Å². The molecule has 1 aromatic carbocycles. The minimum Gasteiger partial charge on any atom is -0.419 e. The first-order chi connectivity index (χ1) is 12.4. The van der Waals surface area contributed by atoms with Crippen LogP contribution in [-0.2, 0) is 19.1 Å². The molecule has 1 aromatic rings. The van der Waals surface area contributed by atoms with Gasteiger partial charge in [-0.15, -0.1) is 0 Å². The fourth-order valence-electron chi connectivity index (χ4n) is 3.06. The molecular weight excluding hydrogens is 334 g/mol. The molecule has 136 valence electrons. The lowest BCUT2D eigenvalue weighted by Gasteiger charge is -2.31. The summed E-state index contributed by atoms with van der Waals surface area (Å²) in [5.41, 5.74) is 1.86. The van der Waals surface area contributed by atoms with Gasteiger partial charge in [-0.2, -0.15) is 5.26 Å². The predicted octanol–water partition coefficient (Wildman–Crippen LogP) is 2.68. The summed E-state index contributed by atoms with van der Waals surface area (Å²) in [6.45, 7) is 4.85. The molecule has 7 nitrogen and oxygen atoms in total. The molecule has 2 heterocycles. The summed E-state index contributed by atoms with van der Waals surface area (Å²) < 4.78 is 10.2. The van der Waals surface area contributed by atoms with E-state index in [0.717, 1.165) is 31.6 Å². The Kier molecular flexibility index (Phi) is 4.85. The van der Waals surface area contributed by atoms with Crippen molar-refractivity contribution < 1.29 is 19.1 Å². The van der Waals surface area contributed by atoms with E-state index in [0.29, 0.717) is 11.3 Å². The fraction of sp³-hybridized carbons (Fsp3) is 0.421. The van der Waals surface area contributed by atoms with E-state index < -0.39 is 17.7 Å². The number of carbonyl (C=O) groups is 2. The number of hydrogen-bond donors (Lipinski definition) is 1. The van der Waals surface area contributed by atoms with Crippen LogP contribution < -0.4 is 10.2 Å². The molecule has 2 aliphatic rings. The van der Waals surface area contributed by atoms with Crippen LogP contribution in [0.4, 0.5) is 11.4 Å². The third-order valence-corrected chi connectivity index (χ3v) is 4.31. The number of piperidine rings is 1. The third kappa shape index (κ3) is 3.80. The highest BCUT2D eigenvalue weighted by Crippen LogP contribution is 2.30. The minimum atomic E-state index is -1.27. The molecule has 0 spiro atoms. The van der Waals surface area contributed by atoms with E-state index in [1.165, 1.54) is 26.5 Å². The van der Waals surface area contributed by atoms with E-state index in [1.54, 1.807) is 12.1 Å². The zero-order chi connectivity index (χ0) is 18.7. The topological polar surface area (TPSA) is 91.7 Å². The molecule has 26 heavy (non-hydrogen) atoms. The summed E-state index contributed by atoms with van der Waals surface area (Å²) in [5.74, 6) is -2.75. The van der Waals surface area contributed by atoms with Crippen molar-refractivity contribution in [2.75, 3.05) is 23.3 Å². The van der Waals surface area contributed by atoms with Crippen molar-refractivity contribution in [2.45, 2.75) is 38.9 Å². The highest BCUT2D eigenvalue weighted by Gasteiger charge is 2.39. The van der Waals surface area contributed by atoms with E-state index >= 15 is 0 Å². The van der Waals surface area contributed by atoms with Crippen molar-refractivity contribution in [2.24, 2.45) is 0 Å². The Morgan fingerprint density at radius 1 is 1.15 bits per heavy atom. The van der Waals surface area contributed by atoms with Crippen molar-refractivity contribution in [3.63, 3.8) is 0 Å². The van der Waals surface area contributed by atoms with E-state index in [4.69, 9.17) is 14.7 Å². The molecule has 2 aliphatic heterocycles. The Morgan fingerprint density at radius 3 is 2.42 bits per heavy atom. The third-order valence-electron chi connectivity index (χ3n) is 4.31. The monoisotopic (exact) mass is 355 g/mol. The maximum absolute atomic E-state index is 12.1. The standard InChI is InChI=1S/C19H21N3O4/c1-19(2)25-17(23)14(18(24)26-19)12-21-15-10-13(11-20)6-7-16(15)22-8-4-3-5-9-22/h6-7,10,12,21H,3-5,8-9H2,1-2H3. The van der Waals surface area contributed by atoms with Crippen molar-refractivity contribution in [3.05, 3.63) is 35.5 Å². The van der Waals surface area contributed by atoms with Crippen LogP contribution in [0.2, 0.25) is 0 Å². The summed E-state index contributed by atoms with van der Waals surface area (Å²) >= 11 is 0. The van der Waals surface area contributed by atoms with Crippen LogP contribution in [0.5, 0.6) is 0 Å². The zero-order valence-electron chi connectivity index (χ0n) is 14.9. The van der Waals surface area contributed by atoms with Crippen LogP contribution in [0.1, 0.15) is 38.7 Å². The first-order valence-corrected chi connectivity index (χ1v) is 8.62. The maximum Gasteiger partial charge on any atom is 0.350 e. The van der Waals surface area contributed by atoms with Crippen molar-refractivity contribution >= 4 is 23.3 Å². The molecule has 0 atom stereocenters. The molecule has 0 radical (unpaired) electrons. The molecule has 2 fully saturated rings. The molecule has 0 aromatic heterocycles. The van der Waals surface area contributed by atoms with Crippen LogP contribution in [0, 0.1) is 11.3 Å². The van der Waals surface area contributed by atoms with Crippen molar-refractivity contribution in [1.29, 1.82) is 5.26 Å². The van der Waals surface area contributed by atoms with Crippen LogP contribution in [0.3, 0.4) is 0 Å². The van der Waals surface area contributed by atoms with E-state index in [2.05, 4.69) is 16.3 Å². The number of carbonyl (C=O) groups excluding carboxylic acids is 2. The Balaban J connectivity index is 1.87. The van der Waals surface area contributed by atoms with Gasteiger partial charge < -0.3 is 19.7 Å². The SMILES string of the molecule is CC1(C)OC(=O)C(=CNc2cc(C#N)ccc2N2CCCCC2)C(=O)O1. The minimum absolute atomic E-state index is 0.212. The second kappa shape index (κ2) is 7.08. The van der Waals surface area contributed by atoms with Crippen LogP contribution in [-0.4, -0.2) is 30.8 Å². The molecule has 3 rings (SSSR count). The fourth-order valence-corrected chi connectivity index (χ4v) is 3.06. The van der Waals surface area contributed by atoms with E-state index in [-0.39, 0.29) is 5.57 Å². The van der Waals surface area contributed by atoms with Gasteiger partial charge in [0.15, 0.2) is 5.57 Å². The molecule has 0 bridgehead atoms. The molecule has 1 N–H and O–H groups in total. The molecule has 0 saturated carbocycles. The maximum atomic E-state index is 12.1. The molecule has 2 saturated heterocycles. The highest BCUT2D eigenvalue weighted by atomic mass is 16.7. The van der Waals surface area contributed by atoms with Gasteiger partial charge in [-0.1, -0.05) is 0 Å². The van der Waals surface area contributed by atoms with Crippen LogP contribution in [0.15, 0.2) is 30.0 Å². The molecule has 0 unspecified atom stereocenters.